The molecule has 0 aliphatic heterocycles. The van der Waals surface area contributed by atoms with E-state index in [1.807, 2.05) is 0 Å². The molecule has 0 amide bonds. The van der Waals surface area contributed by atoms with E-state index in [0.29, 0.717) is 4.90 Å². The lowest BCUT2D eigenvalue weighted by Gasteiger charge is -2.20. The average molecular weight is 213 g/mol. The van der Waals surface area contributed by atoms with Crippen molar-refractivity contribution in [3.05, 3.63) is 23.8 Å². The fourth-order valence-electron chi connectivity index (χ4n) is 1.06. The first kappa shape index (κ1) is 10.9. The Labute approximate surface area is 86.8 Å². The molecule has 0 radical (unpaired) electrons. The smallest absolute Gasteiger partial charge is 0.328 e. The predicted octanol–water partition coefficient (Wildman–Crippen LogP) is 0.939. The fourth-order valence-corrected chi connectivity index (χ4v) is 1.26. The summed E-state index contributed by atoms with van der Waals surface area (Å²) in [5.74, 6) is -1.35. The first-order chi connectivity index (χ1) is 6.35. The molecule has 14 heavy (non-hydrogen) atoms. The zero-order valence-electron chi connectivity index (χ0n) is 7.56. The van der Waals surface area contributed by atoms with Crippen molar-refractivity contribution < 1.29 is 15.0 Å². The van der Waals surface area contributed by atoms with Crippen LogP contribution in [0.4, 0.5) is 0 Å². The van der Waals surface area contributed by atoms with Gasteiger partial charge in [-0.05, 0) is 25.1 Å². The second-order valence-corrected chi connectivity index (χ2v) is 3.73. The first-order valence-electron chi connectivity index (χ1n) is 3.90. The summed E-state index contributed by atoms with van der Waals surface area (Å²) in [7, 11) is 0. The van der Waals surface area contributed by atoms with Crippen LogP contribution in [0.25, 0.3) is 0 Å². The minimum atomic E-state index is -1.61. The number of thiol groups is 1. The van der Waals surface area contributed by atoms with Gasteiger partial charge in [0.2, 0.25) is 0 Å². The van der Waals surface area contributed by atoms with Crippen molar-refractivity contribution in [2.45, 2.75) is 17.4 Å². The van der Waals surface area contributed by atoms with E-state index in [0.717, 1.165) is 0 Å². The van der Waals surface area contributed by atoms with Gasteiger partial charge in [-0.15, -0.1) is 12.6 Å². The van der Waals surface area contributed by atoms with Gasteiger partial charge in [0.05, 0.1) is 0 Å². The lowest BCUT2D eigenvalue weighted by atomic mass is 9.92. The van der Waals surface area contributed by atoms with Crippen LogP contribution in [-0.2, 0) is 10.3 Å². The van der Waals surface area contributed by atoms with Crippen LogP contribution in [0.3, 0.4) is 0 Å². The third-order valence-corrected chi connectivity index (χ3v) is 2.26. The standard InChI is InChI=1S/C9H11NO3S/c1-9(10,8(12)13)6-4-5(14)2-3-7(6)11/h2-4,11,14H,10H2,1H3,(H,12,13)/t9-/m1/s1. The van der Waals surface area contributed by atoms with Gasteiger partial charge in [0, 0.05) is 10.5 Å². The molecular weight excluding hydrogens is 202 g/mol. The van der Waals surface area contributed by atoms with Crippen molar-refractivity contribution in [2.75, 3.05) is 0 Å². The van der Waals surface area contributed by atoms with Crippen LogP contribution >= 0.6 is 12.6 Å². The highest BCUT2D eigenvalue weighted by Gasteiger charge is 2.32. The van der Waals surface area contributed by atoms with Gasteiger partial charge < -0.3 is 15.9 Å². The number of carboxylic acid groups (broad SMARTS) is 1. The predicted molar refractivity (Wildman–Crippen MR) is 54.5 cm³/mol. The van der Waals surface area contributed by atoms with Crippen molar-refractivity contribution in [3.63, 3.8) is 0 Å². The van der Waals surface area contributed by atoms with E-state index < -0.39 is 11.5 Å². The summed E-state index contributed by atoms with van der Waals surface area (Å²) >= 11 is 4.04. The molecule has 1 atom stereocenters. The molecular formula is C9H11NO3S. The number of rotatable bonds is 2. The summed E-state index contributed by atoms with van der Waals surface area (Å²) in [5.41, 5.74) is 4.10. The molecule has 0 saturated carbocycles. The van der Waals surface area contributed by atoms with Crippen LogP contribution in [0, 0.1) is 0 Å². The summed E-state index contributed by atoms with van der Waals surface area (Å²) in [6.45, 7) is 1.32. The Kier molecular flexibility index (Phi) is 2.73. The van der Waals surface area contributed by atoms with Gasteiger partial charge in [0.25, 0.3) is 0 Å². The average Bonchev–Trinajstić information content (AvgIpc) is 2.08. The molecule has 1 rings (SSSR count). The highest BCUT2D eigenvalue weighted by Crippen LogP contribution is 2.29. The SMILES string of the molecule is C[C@](N)(C(=O)O)c1cc(S)ccc1O. The summed E-state index contributed by atoms with van der Waals surface area (Å²) in [6, 6.07) is 4.36. The van der Waals surface area contributed by atoms with Crippen LogP contribution in [-0.4, -0.2) is 16.2 Å². The number of hydrogen-bond donors (Lipinski definition) is 4. The number of nitrogens with two attached hydrogens (primary N) is 1. The van der Waals surface area contributed by atoms with Crippen molar-refractivity contribution in [3.8, 4) is 5.75 Å². The second kappa shape index (κ2) is 3.51. The molecule has 1 aromatic rings. The van der Waals surface area contributed by atoms with Crippen molar-refractivity contribution >= 4 is 18.6 Å². The van der Waals surface area contributed by atoms with Gasteiger partial charge in [-0.3, -0.25) is 0 Å². The van der Waals surface area contributed by atoms with E-state index in [1.54, 1.807) is 6.07 Å². The number of aliphatic carboxylic acids is 1. The Morgan fingerprint density at radius 1 is 1.57 bits per heavy atom. The maximum Gasteiger partial charge on any atom is 0.328 e. The van der Waals surface area contributed by atoms with E-state index in [9.17, 15) is 9.90 Å². The molecule has 0 aliphatic carbocycles. The van der Waals surface area contributed by atoms with Crippen LogP contribution < -0.4 is 5.73 Å². The first-order valence-corrected chi connectivity index (χ1v) is 4.35. The number of benzene rings is 1. The molecule has 1 aromatic carbocycles. The molecule has 4 nitrogen and oxygen atoms in total. The molecule has 0 saturated heterocycles. The normalized spacial score (nSPS) is 14.8. The van der Waals surface area contributed by atoms with Gasteiger partial charge in [0.1, 0.15) is 11.3 Å². The third-order valence-electron chi connectivity index (χ3n) is 1.98. The number of carboxylic acids is 1. The Balaban J connectivity index is 3.31. The zero-order chi connectivity index (χ0) is 10.9. The van der Waals surface area contributed by atoms with Gasteiger partial charge in [-0.25, -0.2) is 4.79 Å². The van der Waals surface area contributed by atoms with Gasteiger partial charge in [0.15, 0.2) is 0 Å². The summed E-state index contributed by atoms with van der Waals surface area (Å²) in [6.07, 6.45) is 0. The molecule has 5 heteroatoms. The highest BCUT2D eigenvalue weighted by molar-refractivity contribution is 7.80. The van der Waals surface area contributed by atoms with Crippen LogP contribution in [0.15, 0.2) is 23.1 Å². The maximum atomic E-state index is 10.8. The lowest BCUT2D eigenvalue weighted by Crippen LogP contribution is -2.41. The molecule has 0 unspecified atom stereocenters. The quantitative estimate of drug-likeness (QED) is 0.551. The highest BCUT2D eigenvalue weighted by atomic mass is 32.1. The molecule has 0 fully saturated rings. The number of aromatic hydroxyl groups is 1. The Hall–Kier alpha value is -1.20. The van der Waals surface area contributed by atoms with Gasteiger partial charge in [-0.2, -0.15) is 0 Å². The number of hydrogen-bond acceptors (Lipinski definition) is 4. The van der Waals surface area contributed by atoms with Crippen LogP contribution in [0.2, 0.25) is 0 Å². The molecule has 0 heterocycles. The Morgan fingerprint density at radius 3 is 2.64 bits per heavy atom. The van der Waals surface area contributed by atoms with Gasteiger partial charge >= 0.3 is 5.97 Å². The third kappa shape index (κ3) is 1.83. The molecule has 0 aromatic heterocycles. The number of phenols is 1. The molecule has 0 aliphatic rings. The van der Waals surface area contributed by atoms with E-state index in [1.165, 1.54) is 19.1 Å². The van der Waals surface area contributed by atoms with E-state index in [2.05, 4.69) is 12.6 Å². The largest absolute Gasteiger partial charge is 0.508 e. The summed E-state index contributed by atoms with van der Waals surface area (Å²) < 4.78 is 0. The molecule has 4 N–H and O–H groups in total. The minimum absolute atomic E-state index is 0.143. The van der Waals surface area contributed by atoms with Crippen molar-refractivity contribution in [1.82, 2.24) is 0 Å². The Morgan fingerprint density at radius 2 is 2.14 bits per heavy atom. The van der Waals surface area contributed by atoms with E-state index >= 15 is 0 Å². The number of carbonyl (C=O) groups is 1. The van der Waals surface area contributed by atoms with Crippen molar-refractivity contribution in [1.29, 1.82) is 0 Å². The lowest BCUT2D eigenvalue weighted by molar-refractivity contribution is -0.143. The zero-order valence-corrected chi connectivity index (χ0v) is 8.45. The van der Waals surface area contributed by atoms with Crippen LogP contribution in [0.1, 0.15) is 12.5 Å². The van der Waals surface area contributed by atoms with E-state index in [4.69, 9.17) is 10.8 Å². The second-order valence-electron chi connectivity index (χ2n) is 3.21. The number of phenolic OH excluding ortho intramolecular Hbond substituents is 1. The summed E-state index contributed by atoms with van der Waals surface area (Å²) in [4.78, 5) is 11.4. The summed E-state index contributed by atoms with van der Waals surface area (Å²) in [5, 5.41) is 18.3. The van der Waals surface area contributed by atoms with Crippen LogP contribution in [0.5, 0.6) is 5.75 Å². The van der Waals surface area contributed by atoms with Gasteiger partial charge in [-0.1, -0.05) is 0 Å². The van der Waals surface area contributed by atoms with E-state index in [-0.39, 0.29) is 11.3 Å². The minimum Gasteiger partial charge on any atom is -0.508 e. The van der Waals surface area contributed by atoms with Crippen molar-refractivity contribution in [2.24, 2.45) is 5.73 Å². The fraction of sp³-hybridized carbons (Fsp3) is 0.222. The Bertz CT molecular complexity index is 376. The molecule has 0 bridgehead atoms. The molecule has 76 valence electrons. The maximum absolute atomic E-state index is 10.8. The monoisotopic (exact) mass is 213 g/mol. The topological polar surface area (TPSA) is 83.6 Å². The molecule has 0 spiro atoms.